The molecule has 8 nitrogen and oxygen atoms in total. The van der Waals surface area contributed by atoms with Gasteiger partial charge in [0.15, 0.2) is 0 Å². The number of nitrogens with zero attached hydrogens (tertiary/aromatic N) is 1. The lowest BCUT2D eigenvalue weighted by Crippen LogP contribution is -2.32. The van der Waals surface area contributed by atoms with Gasteiger partial charge in [-0.25, -0.2) is 10.2 Å². The lowest BCUT2D eigenvalue weighted by atomic mass is 10.2. The topological polar surface area (TPSA) is 106 Å². The van der Waals surface area contributed by atoms with Crippen LogP contribution < -0.4 is 20.2 Å². The minimum atomic E-state index is -0.966. The zero-order valence-corrected chi connectivity index (χ0v) is 20.6. The number of hydrazone groups is 1. The Bertz CT molecular complexity index is 1450. The molecule has 2 N–H and O–H groups in total. The maximum absolute atomic E-state index is 12.8. The van der Waals surface area contributed by atoms with Gasteiger partial charge in [0.1, 0.15) is 16.4 Å². The summed E-state index contributed by atoms with van der Waals surface area (Å²) in [6.45, 7) is 2.39. The summed E-state index contributed by atoms with van der Waals surface area (Å²) in [5.74, 6) is -1.60. The third-order valence-electron chi connectivity index (χ3n) is 4.84. The summed E-state index contributed by atoms with van der Waals surface area (Å²) >= 11 is 7.61. The lowest BCUT2D eigenvalue weighted by Gasteiger charge is -2.07. The summed E-state index contributed by atoms with van der Waals surface area (Å²) in [7, 11) is 0. The number of hydrogen-bond donors (Lipinski definition) is 2. The number of hydrogen-bond acceptors (Lipinski definition) is 7. The number of amides is 2. The average molecular weight is 522 g/mol. The maximum Gasteiger partial charge on any atom is 0.355 e. The van der Waals surface area contributed by atoms with Crippen molar-refractivity contribution in [3.05, 3.63) is 88.3 Å². The van der Waals surface area contributed by atoms with Gasteiger partial charge in [0.05, 0.1) is 17.8 Å². The Morgan fingerprint density at radius 1 is 0.972 bits per heavy atom. The summed E-state index contributed by atoms with van der Waals surface area (Å²) in [5, 5.41) is 7.39. The number of nitrogens with one attached hydrogen (secondary N) is 2. The molecule has 0 aliphatic carbocycles. The predicted molar refractivity (Wildman–Crippen MR) is 140 cm³/mol. The summed E-state index contributed by atoms with van der Waals surface area (Å²) in [4.78, 5) is 37.3. The monoisotopic (exact) mass is 521 g/mol. The van der Waals surface area contributed by atoms with Crippen LogP contribution in [0.15, 0.2) is 77.9 Å². The van der Waals surface area contributed by atoms with Crippen LogP contribution in [-0.2, 0) is 9.59 Å². The molecule has 0 aliphatic rings. The van der Waals surface area contributed by atoms with E-state index < -0.39 is 17.8 Å². The van der Waals surface area contributed by atoms with E-state index in [1.54, 1.807) is 48.5 Å². The molecule has 1 aromatic heterocycles. The molecule has 4 aromatic rings. The molecule has 0 spiro atoms. The first-order valence-electron chi connectivity index (χ1n) is 10.8. The van der Waals surface area contributed by atoms with Gasteiger partial charge in [-0.15, -0.1) is 11.3 Å². The molecule has 10 heteroatoms. The molecule has 0 unspecified atom stereocenters. The van der Waals surface area contributed by atoms with Crippen molar-refractivity contribution in [3.63, 3.8) is 0 Å². The Balaban J connectivity index is 1.38. The number of ether oxygens (including phenoxy) is 2. The second-order valence-corrected chi connectivity index (χ2v) is 8.71. The molecule has 4 rings (SSSR count). The van der Waals surface area contributed by atoms with Crippen LogP contribution in [-0.4, -0.2) is 30.6 Å². The zero-order chi connectivity index (χ0) is 25.5. The minimum Gasteiger partial charge on any atom is -0.494 e. The number of fused-ring (bicyclic) bond motifs is 1. The fourth-order valence-electron chi connectivity index (χ4n) is 3.17. The van der Waals surface area contributed by atoms with E-state index in [9.17, 15) is 14.4 Å². The third kappa shape index (κ3) is 5.88. The predicted octanol–water partition coefficient (Wildman–Crippen LogP) is 5.26. The minimum absolute atomic E-state index is 0.216. The SMILES string of the molecule is CCOc1ccc(NC(=O)C(=O)N/N=C/c2ccccc2OC(=O)c2sc3ccccc3c2Cl)cc1. The average Bonchev–Trinajstić information content (AvgIpc) is 3.23. The highest BCUT2D eigenvalue weighted by molar-refractivity contribution is 7.21. The van der Waals surface area contributed by atoms with Crippen LogP contribution in [0.1, 0.15) is 22.2 Å². The van der Waals surface area contributed by atoms with E-state index in [0.717, 1.165) is 10.1 Å². The number of carbonyl (C=O) groups excluding carboxylic acids is 3. The number of rotatable bonds is 7. The Hall–Kier alpha value is -4.21. The van der Waals surface area contributed by atoms with Crippen molar-refractivity contribution in [1.29, 1.82) is 0 Å². The van der Waals surface area contributed by atoms with Crippen LogP contribution in [0.3, 0.4) is 0 Å². The van der Waals surface area contributed by atoms with Gasteiger partial charge >= 0.3 is 17.8 Å². The Labute approximate surface area is 215 Å². The number of carbonyl (C=O) groups is 3. The molecule has 0 saturated carbocycles. The lowest BCUT2D eigenvalue weighted by molar-refractivity contribution is -0.136. The van der Waals surface area contributed by atoms with Crippen molar-refractivity contribution in [1.82, 2.24) is 5.43 Å². The maximum atomic E-state index is 12.8. The molecule has 182 valence electrons. The molecule has 0 bridgehead atoms. The van der Waals surface area contributed by atoms with Crippen molar-refractivity contribution in [2.45, 2.75) is 6.92 Å². The smallest absolute Gasteiger partial charge is 0.355 e. The highest BCUT2D eigenvalue weighted by Gasteiger charge is 2.20. The van der Waals surface area contributed by atoms with Gasteiger partial charge < -0.3 is 14.8 Å². The van der Waals surface area contributed by atoms with Gasteiger partial charge in [-0.3, -0.25) is 9.59 Å². The van der Waals surface area contributed by atoms with Gasteiger partial charge in [0.25, 0.3) is 0 Å². The van der Waals surface area contributed by atoms with Crippen LogP contribution in [0, 0.1) is 0 Å². The first kappa shape index (κ1) is 24.9. The van der Waals surface area contributed by atoms with E-state index in [1.165, 1.54) is 17.6 Å². The van der Waals surface area contributed by atoms with Gasteiger partial charge in [0, 0.05) is 21.3 Å². The van der Waals surface area contributed by atoms with Crippen molar-refractivity contribution in [2.24, 2.45) is 5.10 Å². The molecule has 0 radical (unpaired) electrons. The molecule has 0 aliphatic heterocycles. The summed E-state index contributed by atoms with van der Waals surface area (Å²) in [6.07, 6.45) is 1.28. The second kappa shape index (κ2) is 11.5. The number of thiophene rings is 1. The molecule has 0 atom stereocenters. The molecule has 1 heterocycles. The third-order valence-corrected chi connectivity index (χ3v) is 6.50. The van der Waals surface area contributed by atoms with Gasteiger partial charge in [-0.05, 0) is 49.4 Å². The Morgan fingerprint density at radius 3 is 2.44 bits per heavy atom. The number of para-hydroxylation sites is 1. The molecule has 0 saturated heterocycles. The van der Waals surface area contributed by atoms with E-state index >= 15 is 0 Å². The fourth-order valence-corrected chi connectivity index (χ4v) is 4.56. The highest BCUT2D eigenvalue weighted by Crippen LogP contribution is 2.36. The Kier molecular flexibility index (Phi) is 7.94. The largest absolute Gasteiger partial charge is 0.494 e. The van der Waals surface area contributed by atoms with Crippen LogP contribution in [0.25, 0.3) is 10.1 Å². The van der Waals surface area contributed by atoms with Gasteiger partial charge in [-0.1, -0.05) is 41.9 Å². The summed E-state index contributed by atoms with van der Waals surface area (Å²) in [6, 6.07) is 20.6. The van der Waals surface area contributed by atoms with Crippen LogP contribution in [0.5, 0.6) is 11.5 Å². The van der Waals surface area contributed by atoms with Crippen LogP contribution in [0.2, 0.25) is 5.02 Å². The Morgan fingerprint density at radius 2 is 1.69 bits per heavy atom. The number of halogens is 1. The first-order valence-corrected chi connectivity index (χ1v) is 12.0. The van der Waals surface area contributed by atoms with Gasteiger partial charge in [0.2, 0.25) is 0 Å². The van der Waals surface area contributed by atoms with E-state index in [4.69, 9.17) is 21.1 Å². The van der Waals surface area contributed by atoms with Crippen molar-refractivity contribution in [3.8, 4) is 11.5 Å². The van der Waals surface area contributed by atoms with Gasteiger partial charge in [-0.2, -0.15) is 5.10 Å². The van der Waals surface area contributed by atoms with Crippen molar-refractivity contribution >= 4 is 62.7 Å². The summed E-state index contributed by atoms with van der Waals surface area (Å²) in [5.41, 5.74) is 3.00. The van der Waals surface area contributed by atoms with Crippen LogP contribution in [0.4, 0.5) is 5.69 Å². The molecular weight excluding hydrogens is 502 g/mol. The molecule has 36 heavy (non-hydrogen) atoms. The number of anilines is 1. The standard InChI is InChI=1S/C26H20ClN3O5S/c1-2-34-18-13-11-17(12-14-18)29-24(31)25(32)30-28-15-16-7-3-5-9-20(16)35-26(33)23-22(27)19-8-4-6-10-21(19)36-23/h3-15H,2H2,1H3,(H,29,31)(H,30,32)/b28-15+. The van der Waals surface area contributed by atoms with E-state index in [2.05, 4.69) is 15.8 Å². The molecule has 0 fully saturated rings. The quantitative estimate of drug-likeness (QED) is 0.113. The molecule has 3 aromatic carbocycles. The summed E-state index contributed by atoms with van der Waals surface area (Å²) < 4.78 is 11.8. The van der Waals surface area contributed by atoms with E-state index in [0.29, 0.717) is 28.6 Å². The fraction of sp³-hybridized carbons (Fsp3) is 0.0769. The molecule has 2 amide bonds. The van der Waals surface area contributed by atoms with E-state index in [1.807, 2.05) is 31.2 Å². The van der Waals surface area contributed by atoms with E-state index in [-0.39, 0.29) is 10.6 Å². The highest BCUT2D eigenvalue weighted by atomic mass is 35.5. The normalized spacial score (nSPS) is 10.8. The molecular formula is C26H20ClN3O5S. The second-order valence-electron chi connectivity index (χ2n) is 7.28. The number of esters is 1. The zero-order valence-electron chi connectivity index (χ0n) is 19.0. The first-order chi connectivity index (χ1) is 17.5. The van der Waals surface area contributed by atoms with Crippen LogP contribution >= 0.6 is 22.9 Å². The van der Waals surface area contributed by atoms with Crippen molar-refractivity contribution < 1.29 is 23.9 Å². The van der Waals surface area contributed by atoms with Crippen molar-refractivity contribution in [2.75, 3.05) is 11.9 Å². The number of benzene rings is 3.